The van der Waals surface area contributed by atoms with E-state index >= 15 is 0 Å². The Morgan fingerprint density at radius 1 is 1.26 bits per heavy atom. The molecular weight excluding hydrogens is 589 g/mol. The van der Waals surface area contributed by atoms with Gasteiger partial charge in [-0.1, -0.05) is 6.58 Å². The molecule has 5 heterocycles. The molecule has 0 unspecified atom stereocenters. The molecule has 6 rings (SSSR count). The average Bonchev–Trinajstić information content (AvgIpc) is 3.35. The molecule has 3 aliphatic heterocycles. The van der Waals surface area contributed by atoms with E-state index in [0.717, 1.165) is 59.6 Å². The zero-order valence-corrected chi connectivity index (χ0v) is 27.1. The summed E-state index contributed by atoms with van der Waals surface area (Å²) in [6, 6.07) is 4.09. The lowest BCUT2D eigenvalue weighted by Crippen LogP contribution is -2.55. The summed E-state index contributed by atoms with van der Waals surface area (Å²) in [6.07, 6.45) is 3.58. The molecule has 12 nitrogen and oxygen atoms in total. The number of aromatic nitrogens is 4. The number of carbonyl (C=O) groups excluding carboxylic acids is 1. The van der Waals surface area contributed by atoms with Crippen molar-refractivity contribution in [2.45, 2.75) is 45.7 Å². The first-order valence-corrected chi connectivity index (χ1v) is 15.8. The van der Waals surface area contributed by atoms with Gasteiger partial charge >= 0.3 is 6.01 Å². The second-order valence-electron chi connectivity index (χ2n) is 13.2. The largest absolute Gasteiger partial charge is 0.463 e. The van der Waals surface area contributed by atoms with E-state index in [1.807, 2.05) is 20.3 Å². The number of aryl methyl sites for hydroxylation is 1. The lowest BCUT2D eigenvalue weighted by atomic mass is 9.86. The third-order valence-electron chi connectivity index (χ3n) is 9.37. The molecule has 2 fully saturated rings. The molecule has 2 saturated heterocycles. The Balaban J connectivity index is 1.37. The Morgan fingerprint density at radius 2 is 2.07 bits per heavy atom. The Bertz CT molecular complexity index is 1680. The lowest BCUT2D eigenvalue weighted by molar-refractivity contribution is -0.140. The first kappa shape index (κ1) is 31.7. The normalized spacial score (nSPS) is 19.4. The minimum atomic E-state index is -1.02. The van der Waals surface area contributed by atoms with Crippen molar-refractivity contribution in [2.75, 3.05) is 76.4 Å². The summed E-state index contributed by atoms with van der Waals surface area (Å²) in [6.45, 7) is 12.3. The fourth-order valence-corrected chi connectivity index (χ4v) is 7.07. The number of fused-ring (bicyclic) bond motifs is 2. The molecule has 0 spiro atoms. The van der Waals surface area contributed by atoms with Gasteiger partial charge in [0.1, 0.15) is 12.4 Å². The van der Waals surface area contributed by atoms with E-state index in [1.54, 1.807) is 0 Å². The highest BCUT2D eigenvalue weighted by molar-refractivity contribution is 5.94. The maximum absolute atomic E-state index is 13.9. The SMILES string of the molecule is C=C(F)C(=O)N1CCN(c2nc(OCC3(CN(C)C)COC3)nc3c2CCCN(c2c(C)c(C)cc4[nH]ncc24)C3)C[C@@H]1CC#N. The quantitative estimate of drug-likeness (QED) is 0.352. The predicted octanol–water partition coefficient (Wildman–Crippen LogP) is 3.29. The number of nitrogens with zero attached hydrogens (tertiary/aromatic N) is 8. The molecule has 1 N–H and O–H groups in total. The zero-order chi connectivity index (χ0) is 32.6. The Morgan fingerprint density at radius 3 is 2.76 bits per heavy atom. The smallest absolute Gasteiger partial charge is 0.318 e. The number of carbonyl (C=O) groups is 1. The number of hydrogen-bond donors (Lipinski definition) is 1. The summed E-state index contributed by atoms with van der Waals surface area (Å²) in [5.74, 6) is -1.04. The third kappa shape index (κ3) is 6.11. The molecule has 1 aromatic carbocycles. The molecule has 0 radical (unpaired) electrons. The van der Waals surface area contributed by atoms with Gasteiger partial charge in [0, 0.05) is 43.7 Å². The maximum atomic E-state index is 13.9. The van der Waals surface area contributed by atoms with E-state index in [9.17, 15) is 14.4 Å². The summed E-state index contributed by atoms with van der Waals surface area (Å²) in [4.78, 5) is 30.6. The van der Waals surface area contributed by atoms with Gasteiger partial charge in [-0.05, 0) is 58.0 Å². The number of hydrogen-bond acceptors (Lipinski definition) is 10. The Labute approximate surface area is 268 Å². The van der Waals surface area contributed by atoms with Gasteiger partial charge in [-0.2, -0.15) is 20.3 Å². The molecule has 3 aromatic rings. The number of benzene rings is 1. The number of rotatable bonds is 9. The minimum absolute atomic E-state index is 0.0698. The summed E-state index contributed by atoms with van der Waals surface area (Å²) < 4.78 is 25.9. The highest BCUT2D eigenvalue weighted by atomic mass is 19.1. The van der Waals surface area contributed by atoms with Crippen LogP contribution >= 0.6 is 0 Å². The molecule has 13 heteroatoms. The van der Waals surface area contributed by atoms with Crippen LogP contribution in [0.2, 0.25) is 0 Å². The molecule has 1 amide bonds. The standard InChI is InChI=1S/C33H42FN9O3/c1-21-13-27-26(14-36-39-27)29(22(21)2)41-10-6-7-25-28(16-41)37-32(46-20-33(17-40(4)5)18-45-19-33)38-30(25)42-11-12-43(31(44)23(3)34)24(15-42)8-9-35/h13-14,24H,3,6-8,10-12,15-20H2,1-2,4-5H3,(H,36,39)/t24-/m0/s1. The van der Waals surface area contributed by atoms with E-state index in [-0.39, 0.29) is 18.4 Å². The number of halogens is 1. The first-order valence-electron chi connectivity index (χ1n) is 15.8. The summed E-state index contributed by atoms with van der Waals surface area (Å²) in [7, 11) is 4.08. The lowest BCUT2D eigenvalue weighted by Gasteiger charge is -2.42. The van der Waals surface area contributed by atoms with Crippen LogP contribution in [-0.2, 0) is 22.5 Å². The fourth-order valence-electron chi connectivity index (χ4n) is 7.07. The van der Waals surface area contributed by atoms with E-state index in [2.05, 4.69) is 57.5 Å². The number of amides is 1. The van der Waals surface area contributed by atoms with Crippen molar-refractivity contribution in [2.24, 2.45) is 5.41 Å². The number of aromatic amines is 1. The van der Waals surface area contributed by atoms with E-state index in [4.69, 9.17) is 19.4 Å². The maximum Gasteiger partial charge on any atom is 0.318 e. The zero-order valence-electron chi connectivity index (χ0n) is 27.1. The molecule has 0 bridgehead atoms. The minimum Gasteiger partial charge on any atom is -0.463 e. The third-order valence-corrected chi connectivity index (χ3v) is 9.37. The average molecular weight is 632 g/mol. The van der Waals surface area contributed by atoms with Crippen molar-refractivity contribution in [1.29, 1.82) is 5.26 Å². The van der Waals surface area contributed by atoms with Crippen molar-refractivity contribution in [3.05, 3.63) is 47.1 Å². The van der Waals surface area contributed by atoms with Crippen LogP contribution in [0.4, 0.5) is 15.9 Å². The van der Waals surface area contributed by atoms with Crippen molar-refractivity contribution >= 4 is 28.3 Å². The van der Waals surface area contributed by atoms with Crippen molar-refractivity contribution in [3.63, 3.8) is 0 Å². The van der Waals surface area contributed by atoms with Gasteiger partial charge in [0.2, 0.25) is 0 Å². The second kappa shape index (κ2) is 12.8. The molecular formula is C33H42FN9O3. The number of anilines is 2. The summed E-state index contributed by atoms with van der Waals surface area (Å²) in [5, 5.41) is 18.1. The molecule has 3 aliphatic rings. The number of ether oxygens (including phenoxy) is 2. The van der Waals surface area contributed by atoms with Gasteiger partial charge in [-0.3, -0.25) is 9.89 Å². The van der Waals surface area contributed by atoms with Gasteiger partial charge in [-0.15, -0.1) is 0 Å². The monoisotopic (exact) mass is 631 g/mol. The molecule has 244 valence electrons. The topological polar surface area (TPSA) is 127 Å². The molecule has 0 aliphatic carbocycles. The van der Waals surface area contributed by atoms with Crippen LogP contribution in [-0.4, -0.2) is 109 Å². The van der Waals surface area contributed by atoms with Crippen LogP contribution < -0.4 is 14.5 Å². The highest BCUT2D eigenvalue weighted by Gasteiger charge is 2.41. The van der Waals surface area contributed by atoms with Gasteiger partial charge in [0.05, 0.1) is 66.8 Å². The number of H-pyrrole nitrogens is 1. The number of nitrogens with one attached hydrogen (secondary N) is 1. The molecule has 0 saturated carbocycles. The van der Waals surface area contributed by atoms with Crippen LogP contribution in [0.25, 0.3) is 10.9 Å². The van der Waals surface area contributed by atoms with Crippen LogP contribution in [0, 0.1) is 30.6 Å². The summed E-state index contributed by atoms with van der Waals surface area (Å²) in [5.41, 5.74) is 6.30. The molecule has 46 heavy (non-hydrogen) atoms. The number of nitriles is 1. The van der Waals surface area contributed by atoms with Crippen LogP contribution in [0.3, 0.4) is 0 Å². The van der Waals surface area contributed by atoms with Gasteiger partial charge < -0.3 is 29.1 Å². The Kier molecular flexibility index (Phi) is 8.85. The van der Waals surface area contributed by atoms with Gasteiger partial charge in [0.25, 0.3) is 5.91 Å². The van der Waals surface area contributed by atoms with Crippen LogP contribution in [0.5, 0.6) is 6.01 Å². The van der Waals surface area contributed by atoms with Crippen molar-refractivity contribution < 1.29 is 18.7 Å². The fraction of sp³-hybridized carbons (Fsp3) is 0.545. The van der Waals surface area contributed by atoms with Crippen LogP contribution in [0.1, 0.15) is 35.2 Å². The van der Waals surface area contributed by atoms with Crippen LogP contribution in [0.15, 0.2) is 24.7 Å². The molecule has 2 aromatic heterocycles. The van der Waals surface area contributed by atoms with Crippen molar-refractivity contribution in [3.8, 4) is 12.1 Å². The van der Waals surface area contributed by atoms with E-state index in [1.165, 1.54) is 16.0 Å². The van der Waals surface area contributed by atoms with E-state index in [0.29, 0.717) is 45.5 Å². The molecule has 1 atom stereocenters. The van der Waals surface area contributed by atoms with Gasteiger partial charge in [0.15, 0.2) is 5.83 Å². The number of piperazine rings is 1. The second-order valence-corrected chi connectivity index (χ2v) is 13.2. The predicted molar refractivity (Wildman–Crippen MR) is 172 cm³/mol. The first-order chi connectivity index (χ1) is 22.1. The Hall–Kier alpha value is -4.28. The summed E-state index contributed by atoms with van der Waals surface area (Å²) >= 11 is 0. The van der Waals surface area contributed by atoms with Crippen molar-refractivity contribution in [1.82, 2.24) is 30.0 Å². The van der Waals surface area contributed by atoms with Gasteiger partial charge in [-0.25, -0.2) is 4.39 Å². The highest BCUT2D eigenvalue weighted by Crippen LogP contribution is 2.37. The van der Waals surface area contributed by atoms with E-state index < -0.39 is 17.8 Å².